The fourth-order valence-electron chi connectivity index (χ4n) is 1.36. The van der Waals surface area contributed by atoms with E-state index in [-0.39, 0.29) is 12.5 Å². The van der Waals surface area contributed by atoms with E-state index in [2.05, 4.69) is 10.3 Å². The normalized spacial score (nSPS) is 19.9. The molecule has 1 rings (SSSR count). The fourth-order valence-corrected chi connectivity index (χ4v) is 1.76. The number of amides is 2. The third-order valence-electron chi connectivity index (χ3n) is 2.28. The number of nitrogens with zero attached hydrogens (tertiary/aromatic N) is 2. The van der Waals surface area contributed by atoms with Gasteiger partial charge in [0.1, 0.15) is 11.6 Å². The number of carbonyl (C=O) groups excluding carboxylic acids is 2. The molecule has 0 aromatic carbocycles. The third kappa shape index (κ3) is 3.90. The molecule has 2 amide bonds. The maximum atomic E-state index is 11.8. The smallest absolute Gasteiger partial charge is 0.410 e. The van der Waals surface area contributed by atoms with Crippen molar-refractivity contribution in [3.63, 3.8) is 0 Å². The number of ether oxygens (including phenoxy) is 1. The fraction of sp³-hybridized carbons (Fsp3) is 0.727. The molecule has 0 spiro atoms. The van der Waals surface area contributed by atoms with E-state index in [1.54, 1.807) is 20.8 Å². The minimum Gasteiger partial charge on any atom is -0.444 e. The SMILES string of the molecule is CSC1=NCC(N(C)C(=O)OC(C)(C)C)C(=O)N1. The monoisotopic (exact) mass is 273 g/mol. The van der Waals surface area contributed by atoms with E-state index in [1.807, 2.05) is 6.26 Å². The van der Waals surface area contributed by atoms with Gasteiger partial charge in [-0.05, 0) is 27.0 Å². The second-order valence-corrected chi connectivity index (χ2v) is 5.74. The molecule has 1 aliphatic rings. The van der Waals surface area contributed by atoms with Crippen molar-refractivity contribution in [2.75, 3.05) is 19.8 Å². The van der Waals surface area contributed by atoms with Crippen LogP contribution in [0.4, 0.5) is 4.79 Å². The first kappa shape index (κ1) is 14.8. The summed E-state index contributed by atoms with van der Waals surface area (Å²) in [5, 5.41) is 3.22. The molecule has 0 aromatic heterocycles. The highest BCUT2D eigenvalue weighted by molar-refractivity contribution is 8.13. The average molecular weight is 273 g/mol. The number of likely N-dealkylation sites (N-methyl/N-ethyl adjacent to an activating group) is 1. The molecule has 1 N–H and O–H groups in total. The van der Waals surface area contributed by atoms with Gasteiger partial charge in [0.2, 0.25) is 0 Å². The van der Waals surface area contributed by atoms with Crippen molar-refractivity contribution < 1.29 is 14.3 Å². The largest absolute Gasteiger partial charge is 0.444 e. The van der Waals surface area contributed by atoms with Crippen LogP contribution >= 0.6 is 11.8 Å². The molecule has 0 bridgehead atoms. The van der Waals surface area contributed by atoms with E-state index < -0.39 is 17.7 Å². The molecule has 1 unspecified atom stereocenters. The molecule has 1 atom stereocenters. The first-order valence-corrected chi connectivity index (χ1v) is 6.82. The van der Waals surface area contributed by atoms with Crippen LogP contribution in [0, 0.1) is 0 Å². The highest BCUT2D eigenvalue weighted by Gasteiger charge is 2.32. The van der Waals surface area contributed by atoms with Crippen LogP contribution in [0.5, 0.6) is 0 Å². The summed E-state index contributed by atoms with van der Waals surface area (Å²) in [6.07, 6.45) is 1.31. The predicted octanol–water partition coefficient (Wildman–Crippen LogP) is 1.07. The Morgan fingerprint density at radius 2 is 2.17 bits per heavy atom. The quantitative estimate of drug-likeness (QED) is 0.776. The van der Waals surface area contributed by atoms with Gasteiger partial charge in [-0.25, -0.2) is 4.79 Å². The first-order valence-electron chi connectivity index (χ1n) is 5.59. The highest BCUT2D eigenvalue weighted by Crippen LogP contribution is 2.13. The zero-order valence-corrected chi connectivity index (χ0v) is 12.1. The Hall–Kier alpha value is -1.24. The Morgan fingerprint density at radius 3 is 2.61 bits per heavy atom. The van der Waals surface area contributed by atoms with Crippen molar-refractivity contribution in [1.82, 2.24) is 10.2 Å². The molecular formula is C11H19N3O3S. The van der Waals surface area contributed by atoms with Gasteiger partial charge in [-0.1, -0.05) is 11.8 Å². The summed E-state index contributed by atoms with van der Waals surface area (Å²) in [5.74, 6) is -0.234. The standard InChI is InChI=1S/C11H19N3O3S/c1-11(2,3)17-10(16)14(4)7-6-12-9(18-5)13-8(7)15/h7H,6H2,1-5H3,(H,12,13,15). The van der Waals surface area contributed by atoms with Crippen LogP contribution in [0.25, 0.3) is 0 Å². The maximum Gasteiger partial charge on any atom is 0.410 e. The number of hydrogen-bond acceptors (Lipinski definition) is 5. The number of nitrogens with one attached hydrogen (secondary N) is 1. The molecular weight excluding hydrogens is 254 g/mol. The van der Waals surface area contributed by atoms with Crippen molar-refractivity contribution in [3.8, 4) is 0 Å². The van der Waals surface area contributed by atoms with Gasteiger partial charge < -0.3 is 10.1 Å². The lowest BCUT2D eigenvalue weighted by Gasteiger charge is -2.31. The van der Waals surface area contributed by atoms with Gasteiger partial charge >= 0.3 is 6.09 Å². The van der Waals surface area contributed by atoms with E-state index >= 15 is 0 Å². The van der Waals surface area contributed by atoms with Crippen LogP contribution in [-0.2, 0) is 9.53 Å². The minimum atomic E-state index is -0.615. The summed E-state index contributed by atoms with van der Waals surface area (Å²) in [7, 11) is 1.54. The van der Waals surface area contributed by atoms with Crippen molar-refractivity contribution in [2.45, 2.75) is 32.4 Å². The summed E-state index contributed by atoms with van der Waals surface area (Å²) >= 11 is 1.37. The maximum absolute atomic E-state index is 11.8. The Labute approximate surface area is 111 Å². The van der Waals surface area contributed by atoms with Gasteiger partial charge in [-0.2, -0.15) is 0 Å². The summed E-state index contributed by atoms with van der Waals surface area (Å²) in [5.41, 5.74) is -0.579. The molecule has 0 radical (unpaired) electrons. The molecule has 6 nitrogen and oxygen atoms in total. The van der Waals surface area contributed by atoms with Gasteiger partial charge in [-0.3, -0.25) is 14.7 Å². The minimum absolute atomic E-state index is 0.234. The Kier molecular flexibility index (Phi) is 4.61. The van der Waals surface area contributed by atoms with Gasteiger partial charge in [0, 0.05) is 7.05 Å². The summed E-state index contributed by atoms with van der Waals surface area (Å²) in [6.45, 7) is 5.61. The zero-order valence-electron chi connectivity index (χ0n) is 11.3. The number of carbonyl (C=O) groups is 2. The van der Waals surface area contributed by atoms with Crippen LogP contribution in [0.15, 0.2) is 4.99 Å². The predicted molar refractivity (Wildman–Crippen MR) is 71.7 cm³/mol. The summed E-state index contributed by atoms with van der Waals surface area (Å²) < 4.78 is 5.21. The molecule has 0 fully saturated rings. The second-order valence-electron chi connectivity index (χ2n) is 4.95. The highest BCUT2D eigenvalue weighted by atomic mass is 32.2. The summed E-state index contributed by atoms with van der Waals surface area (Å²) in [6, 6.07) is -0.615. The van der Waals surface area contributed by atoms with Crippen molar-refractivity contribution >= 4 is 28.9 Å². The Balaban J connectivity index is 2.68. The molecule has 0 saturated heterocycles. The number of aliphatic imine (C=N–C) groups is 1. The molecule has 0 aromatic rings. The van der Waals surface area contributed by atoms with Crippen molar-refractivity contribution in [3.05, 3.63) is 0 Å². The lowest BCUT2D eigenvalue weighted by atomic mass is 10.2. The van der Waals surface area contributed by atoms with Crippen LogP contribution in [0.2, 0.25) is 0 Å². The van der Waals surface area contributed by atoms with E-state index in [9.17, 15) is 9.59 Å². The Morgan fingerprint density at radius 1 is 1.56 bits per heavy atom. The van der Waals surface area contributed by atoms with Crippen LogP contribution in [0.3, 0.4) is 0 Å². The number of hydrogen-bond donors (Lipinski definition) is 1. The molecule has 0 aliphatic carbocycles. The average Bonchev–Trinajstić information content (AvgIpc) is 2.25. The lowest BCUT2D eigenvalue weighted by Crippen LogP contribution is -2.54. The van der Waals surface area contributed by atoms with Gasteiger partial charge in [0.15, 0.2) is 5.17 Å². The molecule has 1 aliphatic heterocycles. The molecule has 102 valence electrons. The molecule has 0 saturated carbocycles. The van der Waals surface area contributed by atoms with Crippen LogP contribution in [0.1, 0.15) is 20.8 Å². The summed E-state index contributed by atoms with van der Waals surface area (Å²) in [4.78, 5) is 29.1. The number of thioether (sulfide) groups is 1. The Bertz CT molecular complexity index is 376. The van der Waals surface area contributed by atoms with E-state index in [4.69, 9.17) is 4.74 Å². The van der Waals surface area contributed by atoms with Gasteiger partial charge in [0.05, 0.1) is 6.54 Å². The van der Waals surface area contributed by atoms with Crippen molar-refractivity contribution in [2.24, 2.45) is 4.99 Å². The molecule has 7 heteroatoms. The number of amidine groups is 1. The zero-order chi connectivity index (χ0) is 13.9. The van der Waals surface area contributed by atoms with E-state index in [0.29, 0.717) is 5.17 Å². The van der Waals surface area contributed by atoms with Crippen LogP contribution in [-0.4, -0.2) is 53.6 Å². The van der Waals surface area contributed by atoms with E-state index in [0.717, 1.165) is 0 Å². The second kappa shape index (κ2) is 5.60. The topological polar surface area (TPSA) is 71.0 Å². The number of rotatable bonds is 1. The van der Waals surface area contributed by atoms with E-state index in [1.165, 1.54) is 23.7 Å². The third-order valence-corrected chi connectivity index (χ3v) is 2.90. The first-order chi connectivity index (χ1) is 8.24. The van der Waals surface area contributed by atoms with Crippen molar-refractivity contribution in [1.29, 1.82) is 0 Å². The lowest BCUT2D eigenvalue weighted by molar-refractivity contribution is -0.124. The molecule has 1 heterocycles. The molecule has 18 heavy (non-hydrogen) atoms. The van der Waals surface area contributed by atoms with Gasteiger partial charge in [-0.15, -0.1) is 0 Å². The van der Waals surface area contributed by atoms with Gasteiger partial charge in [0.25, 0.3) is 5.91 Å². The van der Waals surface area contributed by atoms with Crippen LogP contribution < -0.4 is 5.32 Å².